The molecule has 2 aromatic rings. The Morgan fingerprint density at radius 1 is 1.12 bits per heavy atom. The molecule has 2 unspecified atom stereocenters. The van der Waals surface area contributed by atoms with Gasteiger partial charge in [-0.3, -0.25) is 9.59 Å². The highest BCUT2D eigenvalue weighted by molar-refractivity contribution is 6.31. The molecule has 0 radical (unpaired) electrons. The number of amides is 2. The maximum Gasteiger partial charge on any atom is 0.254 e. The predicted octanol–water partition coefficient (Wildman–Crippen LogP) is 3.33. The van der Waals surface area contributed by atoms with Crippen molar-refractivity contribution in [2.75, 3.05) is 44.6 Å². The lowest BCUT2D eigenvalue weighted by Crippen LogP contribution is -2.35. The van der Waals surface area contributed by atoms with Crippen LogP contribution in [-0.4, -0.2) is 60.9 Å². The maximum atomic E-state index is 13.3. The molecule has 0 spiro atoms. The van der Waals surface area contributed by atoms with Gasteiger partial charge in [-0.15, -0.1) is 0 Å². The standard InChI is InChI=1S/C26H31ClN4O2/c1-17-5-6-21(11-24(17)27)29-25(32)8-10-30-13-19-15-31(16-20(19)14-30)26(33)22-4-2-3-18-7-9-28-12-23(18)22/h2-6,11,19-20,28H,7-10,12-16H2,1H3,(H,29,32). The van der Waals surface area contributed by atoms with Gasteiger partial charge in [0.1, 0.15) is 0 Å². The van der Waals surface area contributed by atoms with Crippen LogP contribution >= 0.6 is 11.6 Å². The molecule has 3 heterocycles. The number of rotatable bonds is 5. The summed E-state index contributed by atoms with van der Waals surface area (Å²) >= 11 is 6.15. The first kappa shape index (κ1) is 22.4. The summed E-state index contributed by atoms with van der Waals surface area (Å²) in [5.41, 5.74) is 5.07. The molecule has 7 heteroatoms. The van der Waals surface area contributed by atoms with Gasteiger partial charge in [-0.25, -0.2) is 0 Å². The molecule has 2 N–H and O–H groups in total. The lowest BCUT2D eigenvalue weighted by molar-refractivity contribution is -0.116. The summed E-state index contributed by atoms with van der Waals surface area (Å²) in [6.07, 6.45) is 1.44. The average Bonchev–Trinajstić information content (AvgIpc) is 3.38. The number of benzene rings is 2. The first-order chi connectivity index (χ1) is 16.0. The van der Waals surface area contributed by atoms with Gasteiger partial charge in [0.2, 0.25) is 5.91 Å². The molecule has 2 fully saturated rings. The van der Waals surface area contributed by atoms with Crippen LogP contribution in [0.15, 0.2) is 36.4 Å². The van der Waals surface area contributed by atoms with Gasteiger partial charge in [0.25, 0.3) is 5.91 Å². The Balaban J connectivity index is 1.12. The molecule has 0 saturated carbocycles. The van der Waals surface area contributed by atoms with E-state index in [4.69, 9.17) is 11.6 Å². The van der Waals surface area contributed by atoms with E-state index in [1.165, 1.54) is 11.1 Å². The number of nitrogens with one attached hydrogen (secondary N) is 2. The first-order valence-electron chi connectivity index (χ1n) is 11.9. The first-order valence-corrected chi connectivity index (χ1v) is 12.2. The van der Waals surface area contributed by atoms with Crippen LogP contribution in [0.3, 0.4) is 0 Å². The van der Waals surface area contributed by atoms with Crippen molar-refractivity contribution in [1.29, 1.82) is 0 Å². The van der Waals surface area contributed by atoms with Gasteiger partial charge in [-0.2, -0.15) is 0 Å². The van der Waals surface area contributed by atoms with Crippen molar-refractivity contribution < 1.29 is 9.59 Å². The van der Waals surface area contributed by atoms with Crippen molar-refractivity contribution in [2.24, 2.45) is 11.8 Å². The van der Waals surface area contributed by atoms with E-state index in [9.17, 15) is 9.59 Å². The predicted molar refractivity (Wildman–Crippen MR) is 131 cm³/mol. The second kappa shape index (κ2) is 9.45. The van der Waals surface area contributed by atoms with Crippen LogP contribution in [0.5, 0.6) is 0 Å². The molecule has 174 valence electrons. The van der Waals surface area contributed by atoms with E-state index < -0.39 is 0 Å². The second-order valence-corrected chi connectivity index (χ2v) is 10.0. The lowest BCUT2D eigenvalue weighted by atomic mass is 9.95. The van der Waals surface area contributed by atoms with E-state index in [1.807, 2.05) is 36.1 Å². The SMILES string of the molecule is Cc1ccc(NC(=O)CCN2CC3CN(C(=O)c4cccc5c4CNCC5)CC3C2)cc1Cl. The van der Waals surface area contributed by atoms with Crippen LogP contribution in [0.25, 0.3) is 0 Å². The Morgan fingerprint density at radius 3 is 2.67 bits per heavy atom. The van der Waals surface area contributed by atoms with Gasteiger partial charge < -0.3 is 20.4 Å². The van der Waals surface area contributed by atoms with Crippen LogP contribution in [0.1, 0.15) is 33.5 Å². The molecule has 0 aliphatic carbocycles. The van der Waals surface area contributed by atoms with Gasteiger partial charge in [-0.1, -0.05) is 29.8 Å². The third kappa shape index (κ3) is 4.79. The summed E-state index contributed by atoms with van der Waals surface area (Å²) in [5, 5.41) is 7.00. The Morgan fingerprint density at radius 2 is 1.91 bits per heavy atom. The van der Waals surface area contributed by atoms with Gasteiger partial charge in [-0.05, 0) is 66.6 Å². The van der Waals surface area contributed by atoms with E-state index in [-0.39, 0.29) is 11.8 Å². The maximum absolute atomic E-state index is 13.3. The summed E-state index contributed by atoms with van der Waals surface area (Å²) in [6.45, 7) is 7.96. The van der Waals surface area contributed by atoms with Crippen molar-refractivity contribution in [3.8, 4) is 0 Å². The fourth-order valence-corrected chi connectivity index (χ4v) is 5.66. The number of anilines is 1. The van der Waals surface area contributed by atoms with Crippen molar-refractivity contribution in [3.05, 3.63) is 63.7 Å². The fourth-order valence-electron chi connectivity index (χ4n) is 5.48. The molecule has 5 rings (SSSR count). The molecule has 2 amide bonds. The molecular weight excluding hydrogens is 436 g/mol. The minimum atomic E-state index is 0.00578. The molecule has 2 aromatic carbocycles. The van der Waals surface area contributed by atoms with E-state index in [0.29, 0.717) is 23.3 Å². The highest BCUT2D eigenvalue weighted by Gasteiger charge is 2.42. The van der Waals surface area contributed by atoms with E-state index in [2.05, 4.69) is 21.6 Å². The number of hydrogen-bond donors (Lipinski definition) is 2. The summed E-state index contributed by atoms with van der Waals surface area (Å²) < 4.78 is 0. The van der Waals surface area contributed by atoms with Crippen LogP contribution in [0, 0.1) is 18.8 Å². The molecule has 3 aliphatic heterocycles. The Hall–Kier alpha value is -2.41. The van der Waals surface area contributed by atoms with Crippen LogP contribution in [0.2, 0.25) is 5.02 Å². The number of likely N-dealkylation sites (tertiary alicyclic amines) is 2. The smallest absolute Gasteiger partial charge is 0.254 e. The summed E-state index contributed by atoms with van der Waals surface area (Å²) in [6, 6.07) is 11.7. The number of hydrogen-bond acceptors (Lipinski definition) is 4. The zero-order chi connectivity index (χ0) is 22.9. The normalized spacial score (nSPS) is 22.2. The number of carbonyl (C=O) groups is 2. The van der Waals surface area contributed by atoms with E-state index in [1.54, 1.807) is 6.07 Å². The molecular formula is C26H31ClN4O2. The Labute approximate surface area is 200 Å². The van der Waals surface area contributed by atoms with Crippen molar-refractivity contribution in [1.82, 2.24) is 15.1 Å². The molecule has 0 bridgehead atoms. The summed E-state index contributed by atoms with van der Waals surface area (Å²) in [5.74, 6) is 1.16. The number of aryl methyl sites for hydroxylation is 1. The molecule has 2 atom stereocenters. The lowest BCUT2D eigenvalue weighted by Gasteiger charge is -2.25. The van der Waals surface area contributed by atoms with E-state index in [0.717, 1.165) is 69.0 Å². The van der Waals surface area contributed by atoms with Crippen LogP contribution < -0.4 is 10.6 Å². The fraction of sp³-hybridized carbons (Fsp3) is 0.462. The van der Waals surface area contributed by atoms with Gasteiger partial charge in [0.05, 0.1) is 0 Å². The number of halogens is 1. The third-order valence-electron chi connectivity index (χ3n) is 7.34. The zero-order valence-corrected chi connectivity index (χ0v) is 19.8. The average molecular weight is 467 g/mol. The van der Waals surface area contributed by atoms with Crippen molar-refractivity contribution in [2.45, 2.75) is 26.3 Å². The van der Waals surface area contributed by atoms with E-state index >= 15 is 0 Å². The highest BCUT2D eigenvalue weighted by Crippen LogP contribution is 2.33. The summed E-state index contributed by atoms with van der Waals surface area (Å²) in [4.78, 5) is 30.1. The zero-order valence-electron chi connectivity index (χ0n) is 19.1. The number of carbonyl (C=O) groups excluding carboxylic acids is 2. The quantitative estimate of drug-likeness (QED) is 0.709. The molecule has 6 nitrogen and oxygen atoms in total. The minimum absolute atomic E-state index is 0.00578. The largest absolute Gasteiger partial charge is 0.338 e. The van der Waals surface area contributed by atoms with Gasteiger partial charge in [0, 0.05) is 62.0 Å². The number of fused-ring (bicyclic) bond motifs is 2. The van der Waals surface area contributed by atoms with Crippen LogP contribution in [0.4, 0.5) is 5.69 Å². The molecule has 3 aliphatic rings. The minimum Gasteiger partial charge on any atom is -0.338 e. The van der Waals surface area contributed by atoms with Crippen molar-refractivity contribution >= 4 is 29.1 Å². The van der Waals surface area contributed by atoms with Gasteiger partial charge in [0.15, 0.2) is 0 Å². The number of nitrogens with zero attached hydrogens (tertiary/aromatic N) is 2. The Kier molecular flexibility index (Phi) is 6.41. The monoisotopic (exact) mass is 466 g/mol. The third-order valence-corrected chi connectivity index (χ3v) is 7.74. The molecule has 0 aromatic heterocycles. The van der Waals surface area contributed by atoms with Gasteiger partial charge >= 0.3 is 0 Å². The highest BCUT2D eigenvalue weighted by atomic mass is 35.5. The summed E-state index contributed by atoms with van der Waals surface area (Å²) in [7, 11) is 0. The second-order valence-electron chi connectivity index (χ2n) is 9.62. The van der Waals surface area contributed by atoms with Crippen LogP contribution in [-0.2, 0) is 17.8 Å². The topological polar surface area (TPSA) is 64.7 Å². The van der Waals surface area contributed by atoms with Crippen molar-refractivity contribution in [3.63, 3.8) is 0 Å². The Bertz CT molecular complexity index is 1060. The molecule has 33 heavy (non-hydrogen) atoms. The molecule has 2 saturated heterocycles.